The van der Waals surface area contributed by atoms with E-state index >= 15 is 0 Å². The van der Waals surface area contributed by atoms with Gasteiger partial charge in [0.2, 0.25) is 18.6 Å². The first-order valence-electron chi connectivity index (χ1n) is 10.1. The van der Waals surface area contributed by atoms with Crippen LogP contribution in [0.15, 0.2) is 41.0 Å². The van der Waals surface area contributed by atoms with Crippen molar-refractivity contribution in [2.45, 2.75) is 53.8 Å². The monoisotopic (exact) mass is 414 g/mol. The molecule has 0 radical (unpaired) electrons. The quantitative estimate of drug-likeness (QED) is 0.689. The molecule has 0 N–H and O–H groups in total. The van der Waals surface area contributed by atoms with Gasteiger partial charge in [0.25, 0.3) is 0 Å². The number of fused-ring (bicyclic) bond motifs is 1. The number of rotatable bonds is 7. The molecule has 0 aliphatic carbocycles. The molecule has 162 valence electrons. The molecule has 7 nitrogen and oxygen atoms in total. The lowest BCUT2D eigenvalue weighted by atomic mass is 9.94. The van der Waals surface area contributed by atoms with Gasteiger partial charge in [-0.25, -0.2) is 0 Å². The number of carbonyl (C=O) groups excluding carboxylic acids is 2. The van der Waals surface area contributed by atoms with E-state index in [1.165, 1.54) is 0 Å². The molecule has 30 heavy (non-hydrogen) atoms. The summed E-state index contributed by atoms with van der Waals surface area (Å²) in [5, 5.41) is 0. The Morgan fingerprint density at radius 2 is 1.80 bits per heavy atom. The lowest BCUT2D eigenvalue weighted by Gasteiger charge is -2.34. The normalized spacial score (nSPS) is 12.9. The average Bonchev–Trinajstić information content (AvgIpc) is 3.35. The minimum Gasteiger partial charge on any atom is -0.467 e. The van der Waals surface area contributed by atoms with Gasteiger partial charge in [-0.1, -0.05) is 26.8 Å². The standard InChI is InChI=1S/C23H30N2O5/c1-16(2)25(22(27)23(3,4)5)14-21(26)24(13-18-7-6-10-28-18)12-17-8-9-19-20(11-17)30-15-29-19/h6-11,16H,12-15H2,1-5H3. The van der Waals surface area contributed by atoms with Crippen LogP contribution in [0.1, 0.15) is 45.9 Å². The molecule has 1 aliphatic rings. The Balaban J connectivity index is 1.80. The highest BCUT2D eigenvalue weighted by Gasteiger charge is 2.31. The lowest BCUT2D eigenvalue weighted by molar-refractivity contribution is -0.147. The Labute approximate surface area is 177 Å². The molecule has 2 amide bonds. The van der Waals surface area contributed by atoms with E-state index in [1.807, 2.05) is 58.9 Å². The number of hydrogen-bond acceptors (Lipinski definition) is 5. The summed E-state index contributed by atoms with van der Waals surface area (Å²) >= 11 is 0. The molecule has 0 fully saturated rings. The number of ether oxygens (including phenoxy) is 2. The van der Waals surface area contributed by atoms with Gasteiger partial charge in [-0.05, 0) is 43.7 Å². The number of furan rings is 1. The molecule has 0 saturated heterocycles. The zero-order chi connectivity index (χ0) is 21.9. The number of amides is 2. The Kier molecular flexibility index (Phi) is 6.39. The zero-order valence-corrected chi connectivity index (χ0v) is 18.3. The maximum atomic E-state index is 13.3. The first kappa shape index (κ1) is 21.7. The third-order valence-corrected chi connectivity index (χ3v) is 4.92. The highest BCUT2D eigenvalue weighted by molar-refractivity contribution is 5.87. The molecule has 0 spiro atoms. The minimum atomic E-state index is -0.562. The van der Waals surface area contributed by atoms with Crippen molar-refractivity contribution >= 4 is 11.8 Å². The van der Waals surface area contributed by atoms with Crippen LogP contribution in [0.25, 0.3) is 0 Å². The Morgan fingerprint density at radius 1 is 1.07 bits per heavy atom. The molecular weight excluding hydrogens is 384 g/mol. The summed E-state index contributed by atoms with van der Waals surface area (Å²) in [6, 6.07) is 9.18. The van der Waals surface area contributed by atoms with Gasteiger partial charge in [0.1, 0.15) is 12.3 Å². The first-order valence-corrected chi connectivity index (χ1v) is 10.1. The van der Waals surface area contributed by atoms with Gasteiger partial charge in [-0.3, -0.25) is 9.59 Å². The molecule has 3 rings (SSSR count). The Bertz CT molecular complexity index is 883. The van der Waals surface area contributed by atoms with Gasteiger partial charge in [0.15, 0.2) is 11.5 Å². The van der Waals surface area contributed by atoms with Gasteiger partial charge in [-0.15, -0.1) is 0 Å². The van der Waals surface area contributed by atoms with Crippen LogP contribution in [0, 0.1) is 5.41 Å². The molecule has 2 aromatic rings. The second-order valence-corrected chi connectivity index (χ2v) is 8.79. The summed E-state index contributed by atoms with van der Waals surface area (Å²) in [4.78, 5) is 29.5. The van der Waals surface area contributed by atoms with E-state index in [0.29, 0.717) is 30.3 Å². The third-order valence-electron chi connectivity index (χ3n) is 4.92. The van der Waals surface area contributed by atoms with E-state index in [4.69, 9.17) is 13.9 Å². The predicted molar refractivity (Wildman–Crippen MR) is 112 cm³/mol. The first-order chi connectivity index (χ1) is 14.1. The van der Waals surface area contributed by atoms with Gasteiger partial charge in [-0.2, -0.15) is 0 Å². The van der Waals surface area contributed by atoms with E-state index in [2.05, 4.69) is 0 Å². The highest BCUT2D eigenvalue weighted by Crippen LogP contribution is 2.33. The molecule has 1 aliphatic heterocycles. The van der Waals surface area contributed by atoms with Crippen LogP contribution in [0.3, 0.4) is 0 Å². The smallest absolute Gasteiger partial charge is 0.242 e. The van der Waals surface area contributed by atoms with Gasteiger partial charge in [0.05, 0.1) is 12.8 Å². The van der Waals surface area contributed by atoms with Crippen molar-refractivity contribution in [1.29, 1.82) is 0 Å². The Hall–Kier alpha value is -2.96. The fraction of sp³-hybridized carbons (Fsp3) is 0.478. The SMILES string of the molecule is CC(C)N(CC(=O)N(Cc1ccc2c(c1)OCO2)Cc1ccco1)C(=O)C(C)(C)C. The number of nitrogens with zero attached hydrogens (tertiary/aromatic N) is 2. The molecule has 0 unspecified atom stereocenters. The summed E-state index contributed by atoms with van der Waals surface area (Å²) in [5.74, 6) is 1.86. The van der Waals surface area contributed by atoms with E-state index in [1.54, 1.807) is 22.1 Å². The second-order valence-electron chi connectivity index (χ2n) is 8.79. The average molecular weight is 415 g/mol. The van der Waals surface area contributed by atoms with Gasteiger partial charge >= 0.3 is 0 Å². The zero-order valence-electron chi connectivity index (χ0n) is 18.3. The van der Waals surface area contributed by atoms with Crippen LogP contribution in [0.2, 0.25) is 0 Å². The summed E-state index contributed by atoms with van der Waals surface area (Å²) in [6.45, 7) is 10.3. The van der Waals surface area contributed by atoms with E-state index < -0.39 is 5.41 Å². The molecule has 1 aromatic heterocycles. The molecule has 0 atom stereocenters. The van der Waals surface area contributed by atoms with Crippen molar-refractivity contribution in [1.82, 2.24) is 9.80 Å². The number of hydrogen-bond donors (Lipinski definition) is 0. The van der Waals surface area contributed by atoms with Gasteiger partial charge < -0.3 is 23.7 Å². The van der Waals surface area contributed by atoms with Crippen LogP contribution in [-0.2, 0) is 22.7 Å². The summed E-state index contributed by atoms with van der Waals surface area (Å²) in [5.41, 5.74) is 0.352. The van der Waals surface area contributed by atoms with Crippen molar-refractivity contribution < 1.29 is 23.5 Å². The van der Waals surface area contributed by atoms with Gasteiger partial charge in [0, 0.05) is 18.0 Å². The maximum absolute atomic E-state index is 13.3. The fourth-order valence-electron chi connectivity index (χ4n) is 3.25. The van der Waals surface area contributed by atoms with Crippen LogP contribution in [0.4, 0.5) is 0 Å². The van der Waals surface area contributed by atoms with Crippen LogP contribution < -0.4 is 9.47 Å². The van der Waals surface area contributed by atoms with Crippen LogP contribution in [0.5, 0.6) is 11.5 Å². The summed E-state index contributed by atoms with van der Waals surface area (Å²) in [7, 11) is 0. The van der Waals surface area contributed by atoms with Crippen molar-refractivity contribution in [3.63, 3.8) is 0 Å². The Morgan fingerprint density at radius 3 is 2.43 bits per heavy atom. The van der Waals surface area contributed by atoms with E-state index in [-0.39, 0.29) is 31.2 Å². The summed E-state index contributed by atoms with van der Waals surface area (Å²) in [6.07, 6.45) is 1.59. The lowest BCUT2D eigenvalue weighted by Crippen LogP contribution is -2.49. The fourth-order valence-corrected chi connectivity index (χ4v) is 3.25. The third kappa shape index (κ3) is 5.14. The highest BCUT2D eigenvalue weighted by atomic mass is 16.7. The maximum Gasteiger partial charge on any atom is 0.242 e. The van der Waals surface area contributed by atoms with Crippen LogP contribution in [-0.4, -0.2) is 41.0 Å². The molecule has 2 heterocycles. The largest absolute Gasteiger partial charge is 0.467 e. The number of carbonyl (C=O) groups is 2. The molecule has 0 saturated carbocycles. The molecular formula is C23H30N2O5. The topological polar surface area (TPSA) is 72.2 Å². The van der Waals surface area contributed by atoms with E-state index in [9.17, 15) is 9.59 Å². The predicted octanol–water partition coefficient (Wildman–Crippen LogP) is 3.82. The van der Waals surface area contributed by atoms with Crippen molar-refractivity contribution in [3.8, 4) is 11.5 Å². The number of benzene rings is 1. The van der Waals surface area contributed by atoms with Crippen molar-refractivity contribution in [2.75, 3.05) is 13.3 Å². The molecule has 7 heteroatoms. The molecule has 0 bridgehead atoms. The second kappa shape index (κ2) is 8.81. The minimum absolute atomic E-state index is 0.0129. The molecule has 1 aromatic carbocycles. The van der Waals surface area contributed by atoms with Crippen LogP contribution >= 0.6 is 0 Å². The van der Waals surface area contributed by atoms with Crippen molar-refractivity contribution in [2.24, 2.45) is 5.41 Å². The van der Waals surface area contributed by atoms with Crippen molar-refractivity contribution in [3.05, 3.63) is 47.9 Å². The van der Waals surface area contributed by atoms with E-state index in [0.717, 1.165) is 5.56 Å². The summed E-state index contributed by atoms with van der Waals surface area (Å²) < 4.78 is 16.3.